The maximum absolute atomic E-state index is 12.2. The zero-order valence-corrected chi connectivity index (χ0v) is 15.3. The van der Waals surface area contributed by atoms with Crippen molar-refractivity contribution < 1.29 is 9.59 Å². The second-order valence-corrected chi connectivity index (χ2v) is 6.54. The average molecular weight is 354 g/mol. The predicted octanol–water partition coefficient (Wildman–Crippen LogP) is 2.36. The highest BCUT2D eigenvalue weighted by Crippen LogP contribution is 2.17. The van der Waals surface area contributed by atoms with Gasteiger partial charge in [0.05, 0.1) is 5.54 Å². The molecule has 0 aromatic heterocycles. The van der Waals surface area contributed by atoms with Gasteiger partial charge in [-0.05, 0) is 30.9 Å². The lowest BCUT2D eigenvalue weighted by Gasteiger charge is -2.23. The van der Waals surface area contributed by atoms with Crippen LogP contribution in [0.4, 0.5) is 0 Å². The molecule has 5 nitrogen and oxygen atoms in total. The van der Waals surface area contributed by atoms with Gasteiger partial charge in [-0.25, -0.2) is 0 Å². The fourth-order valence-corrected chi connectivity index (χ4v) is 2.97. The van der Waals surface area contributed by atoms with Crippen molar-refractivity contribution in [2.45, 2.75) is 58.2 Å². The first-order chi connectivity index (χ1) is 10.9. The summed E-state index contributed by atoms with van der Waals surface area (Å²) in [6.07, 6.45) is 3.10. The van der Waals surface area contributed by atoms with E-state index in [-0.39, 0.29) is 24.2 Å². The number of nitrogens with two attached hydrogens (primary N) is 1. The molecular weight excluding hydrogens is 326 g/mol. The number of nitrogens with zero attached hydrogens (tertiary/aromatic N) is 1. The molecule has 1 atom stereocenters. The van der Waals surface area contributed by atoms with Crippen LogP contribution in [0.3, 0.4) is 0 Å². The van der Waals surface area contributed by atoms with E-state index in [1.54, 1.807) is 6.92 Å². The molecule has 0 aliphatic carbocycles. The first kappa shape index (κ1) is 20.5. The van der Waals surface area contributed by atoms with Crippen LogP contribution in [0.5, 0.6) is 0 Å². The summed E-state index contributed by atoms with van der Waals surface area (Å²) in [4.78, 5) is 25.9. The zero-order chi connectivity index (χ0) is 16.9. The SMILES string of the molecule is CCCC(C)(N)C(=O)NCc1ccccc1CN1CCCC1=O.Cl. The number of amides is 2. The van der Waals surface area contributed by atoms with E-state index < -0.39 is 5.54 Å². The highest BCUT2D eigenvalue weighted by atomic mass is 35.5. The molecule has 0 spiro atoms. The summed E-state index contributed by atoms with van der Waals surface area (Å²) in [5.74, 6) is 0.0766. The van der Waals surface area contributed by atoms with Crippen molar-refractivity contribution in [3.63, 3.8) is 0 Å². The molecule has 1 aromatic rings. The van der Waals surface area contributed by atoms with Crippen LogP contribution in [-0.4, -0.2) is 28.8 Å². The third-order valence-electron chi connectivity index (χ3n) is 4.38. The van der Waals surface area contributed by atoms with E-state index >= 15 is 0 Å². The Morgan fingerprint density at radius 3 is 2.58 bits per heavy atom. The first-order valence-corrected chi connectivity index (χ1v) is 8.36. The van der Waals surface area contributed by atoms with Crippen molar-refractivity contribution >= 4 is 24.2 Å². The Balaban J connectivity index is 0.00000288. The third kappa shape index (κ3) is 5.21. The average Bonchev–Trinajstić information content (AvgIpc) is 2.91. The molecule has 1 saturated heterocycles. The minimum absolute atomic E-state index is 0. The topological polar surface area (TPSA) is 75.4 Å². The van der Waals surface area contributed by atoms with Crippen LogP contribution >= 0.6 is 12.4 Å². The fraction of sp³-hybridized carbons (Fsp3) is 0.556. The minimum Gasteiger partial charge on any atom is -0.350 e. The summed E-state index contributed by atoms with van der Waals surface area (Å²) in [7, 11) is 0. The van der Waals surface area contributed by atoms with Crippen LogP contribution in [0.2, 0.25) is 0 Å². The predicted molar refractivity (Wildman–Crippen MR) is 97.7 cm³/mol. The van der Waals surface area contributed by atoms with E-state index in [4.69, 9.17) is 5.73 Å². The molecule has 1 aliphatic heterocycles. The highest BCUT2D eigenvalue weighted by Gasteiger charge is 2.27. The number of rotatable bonds is 7. The van der Waals surface area contributed by atoms with Crippen LogP contribution in [0, 0.1) is 0 Å². The molecule has 1 unspecified atom stereocenters. The number of carbonyl (C=O) groups is 2. The Bertz CT molecular complexity index is 575. The Labute approximate surface area is 150 Å². The molecule has 2 amide bonds. The van der Waals surface area contributed by atoms with Crippen LogP contribution in [0.15, 0.2) is 24.3 Å². The molecule has 24 heavy (non-hydrogen) atoms. The Morgan fingerprint density at radius 2 is 2.00 bits per heavy atom. The lowest BCUT2D eigenvalue weighted by Crippen LogP contribution is -2.51. The van der Waals surface area contributed by atoms with Crippen molar-refractivity contribution in [2.75, 3.05) is 6.54 Å². The van der Waals surface area contributed by atoms with Crippen LogP contribution in [-0.2, 0) is 22.7 Å². The molecule has 1 aromatic carbocycles. The smallest absolute Gasteiger partial charge is 0.240 e. The van der Waals surface area contributed by atoms with Gasteiger partial charge in [-0.15, -0.1) is 12.4 Å². The lowest BCUT2D eigenvalue weighted by atomic mass is 9.96. The van der Waals surface area contributed by atoms with E-state index in [0.29, 0.717) is 25.9 Å². The van der Waals surface area contributed by atoms with Crippen molar-refractivity contribution in [3.8, 4) is 0 Å². The summed E-state index contributed by atoms with van der Waals surface area (Å²) >= 11 is 0. The number of likely N-dealkylation sites (tertiary alicyclic amines) is 1. The van der Waals surface area contributed by atoms with Crippen molar-refractivity contribution in [2.24, 2.45) is 5.73 Å². The molecule has 1 heterocycles. The summed E-state index contributed by atoms with van der Waals surface area (Å²) in [6.45, 7) is 5.64. The lowest BCUT2D eigenvalue weighted by molar-refractivity contribution is -0.128. The molecule has 134 valence electrons. The van der Waals surface area contributed by atoms with Crippen molar-refractivity contribution in [1.29, 1.82) is 0 Å². The van der Waals surface area contributed by atoms with Gasteiger partial charge in [-0.1, -0.05) is 37.6 Å². The van der Waals surface area contributed by atoms with Crippen molar-refractivity contribution in [1.82, 2.24) is 10.2 Å². The maximum atomic E-state index is 12.2. The molecular formula is C18H28ClN3O2. The van der Waals surface area contributed by atoms with Crippen LogP contribution < -0.4 is 11.1 Å². The summed E-state index contributed by atoms with van der Waals surface area (Å²) in [5, 5.41) is 2.93. The molecule has 0 bridgehead atoms. The van der Waals surface area contributed by atoms with Gasteiger partial charge in [-0.2, -0.15) is 0 Å². The summed E-state index contributed by atoms with van der Waals surface area (Å²) < 4.78 is 0. The van der Waals surface area contributed by atoms with Crippen LogP contribution in [0.25, 0.3) is 0 Å². The minimum atomic E-state index is -0.839. The normalized spacial score (nSPS) is 16.5. The van der Waals surface area contributed by atoms with Gasteiger partial charge in [0, 0.05) is 26.1 Å². The van der Waals surface area contributed by atoms with E-state index in [9.17, 15) is 9.59 Å². The standard InChI is InChI=1S/C18H27N3O2.ClH/c1-3-10-18(2,19)17(23)20-12-14-7-4-5-8-15(14)13-21-11-6-9-16(21)22;/h4-5,7-8H,3,6,9-13,19H2,1-2H3,(H,20,23);1H. The molecule has 2 rings (SSSR count). The Morgan fingerprint density at radius 1 is 1.33 bits per heavy atom. The zero-order valence-electron chi connectivity index (χ0n) is 14.5. The number of hydrogen-bond acceptors (Lipinski definition) is 3. The third-order valence-corrected chi connectivity index (χ3v) is 4.38. The van der Waals surface area contributed by atoms with Gasteiger partial charge < -0.3 is 16.0 Å². The molecule has 0 saturated carbocycles. The first-order valence-electron chi connectivity index (χ1n) is 8.36. The van der Waals surface area contributed by atoms with E-state index in [0.717, 1.165) is 30.5 Å². The number of nitrogens with one attached hydrogen (secondary N) is 1. The molecule has 3 N–H and O–H groups in total. The molecule has 0 radical (unpaired) electrons. The number of hydrogen-bond donors (Lipinski definition) is 2. The summed E-state index contributed by atoms with van der Waals surface area (Å²) in [6, 6.07) is 7.92. The number of carbonyl (C=O) groups excluding carboxylic acids is 2. The monoisotopic (exact) mass is 353 g/mol. The highest BCUT2D eigenvalue weighted by molar-refractivity contribution is 5.85. The van der Waals surface area contributed by atoms with Gasteiger partial charge in [0.2, 0.25) is 11.8 Å². The van der Waals surface area contributed by atoms with Crippen molar-refractivity contribution in [3.05, 3.63) is 35.4 Å². The van der Waals surface area contributed by atoms with Crippen LogP contribution in [0.1, 0.15) is 50.7 Å². The van der Waals surface area contributed by atoms with E-state index in [1.165, 1.54) is 0 Å². The molecule has 1 fully saturated rings. The largest absolute Gasteiger partial charge is 0.350 e. The fourth-order valence-electron chi connectivity index (χ4n) is 2.97. The number of halogens is 1. The van der Waals surface area contributed by atoms with Gasteiger partial charge in [0.15, 0.2) is 0 Å². The quantitative estimate of drug-likeness (QED) is 0.790. The Kier molecular flexibility index (Phi) is 7.70. The van der Waals surface area contributed by atoms with E-state index in [1.807, 2.05) is 36.1 Å². The number of benzene rings is 1. The second-order valence-electron chi connectivity index (χ2n) is 6.54. The van der Waals surface area contributed by atoms with Gasteiger partial charge >= 0.3 is 0 Å². The van der Waals surface area contributed by atoms with E-state index in [2.05, 4.69) is 5.32 Å². The molecule has 1 aliphatic rings. The molecule has 6 heteroatoms. The van der Waals surface area contributed by atoms with Gasteiger partial charge in [0.1, 0.15) is 0 Å². The summed E-state index contributed by atoms with van der Waals surface area (Å²) in [5.41, 5.74) is 7.34. The maximum Gasteiger partial charge on any atom is 0.240 e. The Hall–Kier alpha value is -1.59. The van der Waals surface area contributed by atoms with Gasteiger partial charge in [-0.3, -0.25) is 9.59 Å². The van der Waals surface area contributed by atoms with Gasteiger partial charge in [0.25, 0.3) is 0 Å². The second kappa shape index (κ2) is 9.04.